The zero-order chi connectivity index (χ0) is 20.4. The molecule has 2 aromatic carbocycles. The zero-order valence-electron chi connectivity index (χ0n) is 16.5. The van der Waals surface area contributed by atoms with E-state index < -0.39 is 0 Å². The van der Waals surface area contributed by atoms with Gasteiger partial charge in [-0.05, 0) is 43.2 Å². The number of carbonyl (C=O) groups is 1. The molecule has 7 heteroatoms. The third-order valence-electron chi connectivity index (χ3n) is 4.04. The van der Waals surface area contributed by atoms with Crippen LogP contribution in [0.1, 0.15) is 22.8 Å². The van der Waals surface area contributed by atoms with Gasteiger partial charge in [-0.1, -0.05) is 18.2 Å². The van der Waals surface area contributed by atoms with Crippen molar-refractivity contribution in [3.8, 4) is 5.75 Å². The van der Waals surface area contributed by atoms with E-state index in [1.165, 1.54) is 12.1 Å². The second-order valence-electron chi connectivity index (χ2n) is 6.30. The van der Waals surface area contributed by atoms with Crippen LogP contribution in [0.4, 0.5) is 4.39 Å². The summed E-state index contributed by atoms with van der Waals surface area (Å²) in [7, 11) is 3.31. The second kappa shape index (κ2) is 10.9. The van der Waals surface area contributed by atoms with Gasteiger partial charge in [-0.3, -0.25) is 9.79 Å². The number of rotatable bonds is 8. The van der Waals surface area contributed by atoms with Crippen LogP contribution < -0.4 is 20.7 Å². The molecule has 3 N–H and O–H groups in total. The molecule has 2 rings (SSSR count). The van der Waals surface area contributed by atoms with Gasteiger partial charge in [0.2, 0.25) is 0 Å². The summed E-state index contributed by atoms with van der Waals surface area (Å²) in [6.45, 7) is 3.08. The number of nitrogens with one attached hydrogen (secondary N) is 3. The minimum atomic E-state index is -0.323. The number of benzene rings is 2. The molecule has 0 fully saturated rings. The lowest BCUT2D eigenvalue weighted by Gasteiger charge is -2.18. The summed E-state index contributed by atoms with van der Waals surface area (Å²) in [4.78, 5) is 15.9. The van der Waals surface area contributed by atoms with Crippen LogP contribution in [0.15, 0.2) is 53.5 Å². The molecule has 0 saturated heterocycles. The molecule has 0 aliphatic carbocycles. The number of ether oxygens (including phenoxy) is 1. The van der Waals surface area contributed by atoms with E-state index >= 15 is 0 Å². The van der Waals surface area contributed by atoms with Crippen molar-refractivity contribution in [2.24, 2.45) is 4.99 Å². The molecule has 1 atom stereocenters. The molecule has 0 bridgehead atoms. The zero-order valence-corrected chi connectivity index (χ0v) is 16.5. The van der Waals surface area contributed by atoms with Crippen molar-refractivity contribution in [2.45, 2.75) is 19.4 Å². The van der Waals surface area contributed by atoms with Gasteiger partial charge >= 0.3 is 0 Å². The number of hydrogen-bond acceptors (Lipinski definition) is 3. The summed E-state index contributed by atoms with van der Waals surface area (Å²) < 4.78 is 18.9. The number of hydrogen-bond donors (Lipinski definition) is 3. The van der Waals surface area contributed by atoms with E-state index in [9.17, 15) is 9.18 Å². The van der Waals surface area contributed by atoms with Gasteiger partial charge in [-0.25, -0.2) is 4.39 Å². The smallest absolute Gasteiger partial charge is 0.251 e. The topological polar surface area (TPSA) is 74.8 Å². The van der Waals surface area contributed by atoms with Gasteiger partial charge in [0.05, 0.1) is 6.54 Å². The summed E-state index contributed by atoms with van der Waals surface area (Å²) in [5.41, 5.74) is 1.71. The largest absolute Gasteiger partial charge is 0.489 e. The molecule has 150 valence electrons. The summed E-state index contributed by atoms with van der Waals surface area (Å²) in [6.07, 6.45) is 0.588. The molecule has 0 saturated carbocycles. The van der Waals surface area contributed by atoms with Gasteiger partial charge in [-0.2, -0.15) is 0 Å². The molecule has 1 unspecified atom stereocenters. The molecule has 1 amide bonds. The van der Waals surface area contributed by atoms with E-state index in [1.807, 2.05) is 25.1 Å². The van der Waals surface area contributed by atoms with E-state index in [0.717, 1.165) is 12.0 Å². The fraction of sp³-hybridized carbons (Fsp3) is 0.333. The van der Waals surface area contributed by atoms with Gasteiger partial charge < -0.3 is 20.7 Å². The monoisotopic (exact) mass is 386 g/mol. The lowest BCUT2D eigenvalue weighted by molar-refractivity contribution is 0.0963. The summed E-state index contributed by atoms with van der Waals surface area (Å²) in [5, 5.41) is 9.04. The first-order valence-electron chi connectivity index (χ1n) is 9.19. The Kier molecular flexibility index (Phi) is 8.27. The standard InChI is InChI=1S/C21H27FN4O2/c1-15(28-19-9-5-8-18(22)13-19)14-26-21(24-3)25-11-10-16-6-4-7-17(12-16)20(27)23-2/h4-9,12-13,15H,10-11,14H2,1-3H3,(H,23,27)(H2,24,25,26). The predicted octanol–water partition coefficient (Wildman–Crippen LogP) is 2.36. The van der Waals surface area contributed by atoms with Crippen molar-refractivity contribution in [3.05, 3.63) is 65.5 Å². The van der Waals surface area contributed by atoms with Gasteiger partial charge in [0, 0.05) is 32.3 Å². The molecule has 0 spiro atoms. The second-order valence-corrected chi connectivity index (χ2v) is 6.30. The number of halogens is 1. The van der Waals surface area contributed by atoms with E-state index in [0.29, 0.717) is 30.4 Å². The molecule has 6 nitrogen and oxygen atoms in total. The minimum Gasteiger partial charge on any atom is -0.489 e. The van der Waals surface area contributed by atoms with Crippen LogP contribution in [0, 0.1) is 5.82 Å². The number of nitrogens with zero attached hydrogens (tertiary/aromatic N) is 1. The van der Waals surface area contributed by atoms with Crippen LogP contribution in [0.2, 0.25) is 0 Å². The first-order chi connectivity index (χ1) is 13.5. The Bertz CT molecular complexity index is 810. The quantitative estimate of drug-likeness (QED) is 0.481. The molecule has 28 heavy (non-hydrogen) atoms. The Morgan fingerprint density at radius 2 is 1.96 bits per heavy atom. The van der Waals surface area contributed by atoms with Crippen LogP contribution in [-0.4, -0.2) is 45.2 Å². The summed E-state index contributed by atoms with van der Waals surface area (Å²) >= 11 is 0. The average Bonchev–Trinajstić information content (AvgIpc) is 2.70. The van der Waals surface area contributed by atoms with Crippen molar-refractivity contribution in [2.75, 3.05) is 27.2 Å². The normalized spacial score (nSPS) is 12.2. The van der Waals surface area contributed by atoms with Crippen molar-refractivity contribution < 1.29 is 13.9 Å². The van der Waals surface area contributed by atoms with Crippen molar-refractivity contribution >= 4 is 11.9 Å². The molecule has 0 heterocycles. The van der Waals surface area contributed by atoms with Gasteiger partial charge in [0.25, 0.3) is 5.91 Å². The Hall–Kier alpha value is -3.09. The lowest BCUT2D eigenvalue weighted by atomic mass is 10.1. The number of guanidine groups is 1. The molecule has 0 radical (unpaired) electrons. The highest BCUT2D eigenvalue weighted by molar-refractivity contribution is 5.94. The maximum absolute atomic E-state index is 13.2. The molecule has 0 aliphatic rings. The molecule has 0 aromatic heterocycles. The molecular formula is C21H27FN4O2. The lowest BCUT2D eigenvalue weighted by Crippen LogP contribution is -2.42. The maximum atomic E-state index is 13.2. The number of amides is 1. The Balaban J connectivity index is 1.76. The van der Waals surface area contributed by atoms with Crippen molar-refractivity contribution in [1.82, 2.24) is 16.0 Å². The minimum absolute atomic E-state index is 0.0976. The fourth-order valence-corrected chi connectivity index (χ4v) is 2.61. The first kappa shape index (κ1) is 21.2. The maximum Gasteiger partial charge on any atom is 0.251 e. The van der Waals surface area contributed by atoms with Crippen LogP contribution in [0.25, 0.3) is 0 Å². The van der Waals surface area contributed by atoms with Crippen LogP contribution >= 0.6 is 0 Å². The fourth-order valence-electron chi connectivity index (χ4n) is 2.61. The average molecular weight is 386 g/mol. The van der Waals surface area contributed by atoms with Gasteiger partial charge in [0.15, 0.2) is 5.96 Å². The summed E-state index contributed by atoms with van der Waals surface area (Å²) in [6, 6.07) is 13.6. The van der Waals surface area contributed by atoms with Gasteiger partial charge in [0.1, 0.15) is 17.7 Å². The summed E-state index contributed by atoms with van der Waals surface area (Å²) in [5.74, 6) is 0.723. The third kappa shape index (κ3) is 6.90. The SMILES string of the molecule is CN=C(NCCc1cccc(C(=O)NC)c1)NCC(C)Oc1cccc(F)c1. The van der Waals surface area contributed by atoms with Crippen LogP contribution in [-0.2, 0) is 6.42 Å². The Morgan fingerprint density at radius 1 is 1.18 bits per heavy atom. The highest BCUT2D eigenvalue weighted by Gasteiger charge is 2.07. The highest BCUT2D eigenvalue weighted by Crippen LogP contribution is 2.13. The Labute approximate surface area is 165 Å². The number of carbonyl (C=O) groups excluding carboxylic acids is 1. The van der Waals surface area contributed by atoms with Crippen molar-refractivity contribution in [3.63, 3.8) is 0 Å². The van der Waals surface area contributed by atoms with E-state index in [4.69, 9.17) is 4.74 Å². The van der Waals surface area contributed by atoms with Crippen LogP contribution in [0.5, 0.6) is 5.75 Å². The van der Waals surface area contributed by atoms with E-state index in [1.54, 1.807) is 32.3 Å². The molecule has 2 aromatic rings. The van der Waals surface area contributed by atoms with E-state index in [-0.39, 0.29) is 17.8 Å². The van der Waals surface area contributed by atoms with Crippen molar-refractivity contribution in [1.29, 1.82) is 0 Å². The molecule has 0 aliphatic heterocycles. The first-order valence-corrected chi connectivity index (χ1v) is 9.19. The number of aliphatic imine (C=N–C) groups is 1. The Morgan fingerprint density at radius 3 is 2.68 bits per heavy atom. The van der Waals surface area contributed by atoms with Crippen LogP contribution in [0.3, 0.4) is 0 Å². The van der Waals surface area contributed by atoms with Gasteiger partial charge in [-0.15, -0.1) is 0 Å². The van der Waals surface area contributed by atoms with E-state index in [2.05, 4.69) is 20.9 Å². The molecular weight excluding hydrogens is 359 g/mol. The predicted molar refractivity (Wildman–Crippen MR) is 109 cm³/mol. The highest BCUT2D eigenvalue weighted by atomic mass is 19.1. The third-order valence-corrected chi connectivity index (χ3v) is 4.04.